The summed E-state index contributed by atoms with van der Waals surface area (Å²) >= 11 is 0. The molecule has 3 rings (SSSR count). The largest absolute Gasteiger partial charge is 0.309 e. The normalized spacial score (nSPS) is 19.1. The van der Waals surface area contributed by atoms with Crippen LogP contribution in [0.3, 0.4) is 0 Å². The summed E-state index contributed by atoms with van der Waals surface area (Å²) in [5.74, 6) is -0.119. The Morgan fingerprint density at radius 2 is 1.71 bits per heavy atom. The van der Waals surface area contributed by atoms with E-state index in [0.29, 0.717) is 0 Å². The van der Waals surface area contributed by atoms with Crippen molar-refractivity contribution in [2.45, 2.75) is 18.4 Å². The van der Waals surface area contributed by atoms with Crippen LogP contribution in [-0.2, 0) is 4.79 Å². The van der Waals surface area contributed by atoms with Gasteiger partial charge in [0.15, 0.2) is 0 Å². The molecule has 1 aliphatic rings. The van der Waals surface area contributed by atoms with Gasteiger partial charge in [-0.3, -0.25) is 0 Å². The summed E-state index contributed by atoms with van der Waals surface area (Å²) in [6.07, 6.45) is 6.34. The summed E-state index contributed by atoms with van der Waals surface area (Å²) in [6.45, 7) is 0.938. The molecule has 0 aromatic heterocycles. The van der Waals surface area contributed by atoms with Crippen molar-refractivity contribution in [1.29, 1.82) is 0 Å². The summed E-state index contributed by atoms with van der Waals surface area (Å²) in [5.41, 5.74) is 3.44. The highest BCUT2D eigenvalue weighted by molar-refractivity contribution is 5.68. The van der Waals surface area contributed by atoms with Gasteiger partial charge in [-0.2, -0.15) is 0 Å². The van der Waals surface area contributed by atoms with Crippen LogP contribution in [0, 0.1) is 0 Å². The molecule has 1 N–H and O–H groups in total. The molecular weight excluding hydrogens is 258 g/mol. The van der Waals surface area contributed by atoms with Gasteiger partial charge in [0.1, 0.15) is 6.29 Å². The van der Waals surface area contributed by atoms with Crippen LogP contribution in [0.15, 0.2) is 66.7 Å². The maximum absolute atomic E-state index is 11.5. The smallest absolute Gasteiger partial charge is 0.129 e. The Morgan fingerprint density at radius 3 is 2.33 bits per heavy atom. The number of hydrogen-bond acceptors (Lipinski definition) is 2. The molecule has 0 radical (unpaired) electrons. The number of aldehydes is 1. The van der Waals surface area contributed by atoms with Crippen LogP contribution in [0.5, 0.6) is 0 Å². The summed E-state index contributed by atoms with van der Waals surface area (Å²) in [7, 11) is 0. The predicted molar refractivity (Wildman–Crippen MR) is 86.2 cm³/mol. The van der Waals surface area contributed by atoms with E-state index in [4.69, 9.17) is 0 Å². The second-order valence-corrected chi connectivity index (χ2v) is 5.35. The lowest BCUT2D eigenvalue weighted by atomic mass is 9.90. The number of nitrogens with one attached hydrogen (secondary N) is 1. The number of hydrogen-bond donors (Lipinski definition) is 1. The zero-order chi connectivity index (χ0) is 14.5. The Kier molecular flexibility index (Phi) is 4.27. The van der Waals surface area contributed by atoms with Crippen molar-refractivity contribution in [3.8, 4) is 11.1 Å². The van der Waals surface area contributed by atoms with E-state index >= 15 is 0 Å². The van der Waals surface area contributed by atoms with Crippen LogP contribution < -0.4 is 5.32 Å². The van der Waals surface area contributed by atoms with E-state index in [-0.39, 0.29) is 12.0 Å². The lowest BCUT2D eigenvalue weighted by Gasteiger charge is -2.24. The average molecular weight is 277 g/mol. The molecule has 0 saturated carbocycles. The standard InChI is InChI=1S/C19H19NO/c21-14-18(19-8-4-5-13-20-19)17-11-9-16(10-12-17)15-6-2-1-3-7-15/h1-4,6-12,14,18-20H,5,13H2/t18-,19+/m0/s1. The first kappa shape index (κ1) is 13.8. The van der Waals surface area contributed by atoms with Gasteiger partial charge in [0, 0.05) is 6.04 Å². The van der Waals surface area contributed by atoms with Crippen molar-refractivity contribution in [2.75, 3.05) is 6.54 Å². The molecule has 0 amide bonds. The molecule has 0 unspecified atom stereocenters. The molecule has 1 aliphatic heterocycles. The topological polar surface area (TPSA) is 29.1 Å². The van der Waals surface area contributed by atoms with E-state index in [1.807, 2.05) is 18.2 Å². The molecule has 0 spiro atoms. The van der Waals surface area contributed by atoms with Gasteiger partial charge in [0.05, 0.1) is 5.92 Å². The van der Waals surface area contributed by atoms with Gasteiger partial charge in [-0.15, -0.1) is 0 Å². The fraction of sp³-hybridized carbons (Fsp3) is 0.211. The monoisotopic (exact) mass is 277 g/mol. The Labute approximate surface area is 125 Å². The summed E-state index contributed by atoms with van der Waals surface area (Å²) < 4.78 is 0. The van der Waals surface area contributed by atoms with E-state index in [0.717, 1.165) is 24.8 Å². The molecular formula is C19H19NO. The van der Waals surface area contributed by atoms with Gasteiger partial charge in [0.25, 0.3) is 0 Å². The van der Waals surface area contributed by atoms with Crippen LogP contribution in [0.4, 0.5) is 0 Å². The third-order valence-electron chi connectivity index (χ3n) is 3.97. The first-order chi connectivity index (χ1) is 10.4. The summed E-state index contributed by atoms with van der Waals surface area (Å²) in [5, 5.41) is 3.40. The van der Waals surface area contributed by atoms with E-state index in [9.17, 15) is 4.79 Å². The van der Waals surface area contributed by atoms with Crippen molar-refractivity contribution >= 4 is 6.29 Å². The number of carbonyl (C=O) groups excluding carboxylic acids is 1. The van der Waals surface area contributed by atoms with Gasteiger partial charge < -0.3 is 10.1 Å². The molecule has 0 bridgehead atoms. The van der Waals surface area contributed by atoms with Crippen molar-refractivity contribution < 1.29 is 4.79 Å². The number of benzene rings is 2. The third kappa shape index (κ3) is 3.11. The maximum Gasteiger partial charge on any atom is 0.129 e. The van der Waals surface area contributed by atoms with Crippen LogP contribution >= 0.6 is 0 Å². The highest BCUT2D eigenvalue weighted by atomic mass is 16.1. The zero-order valence-corrected chi connectivity index (χ0v) is 11.9. The fourth-order valence-corrected chi connectivity index (χ4v) is 2.79. The van der Waals surface area contributed by atoms with Crippen LogP contribution in [0.1, 0.15) is 17.9 Å². The van der Waals surface area contributed by atoms with Gasteiger partial charge in [-0.1, -0.05) is 66.7 Å². The lowest BCUT2D eigenvalue weighted by molar-refractivity contribution is -0.109. The molecule has 106 valence electrons. The minimum atomic E-state index is -0.119. The molecule has 2 atom stereocenters. The first-order valence-electron chi connectivity index (χ1n) is 7.39. The van der Waals surface area contributed by atoms with E-state index in [2.05, 4.69) is 53.9 Å². The first-order valence-corrected chi connectivity index (χ1v) is 7.39. The Hall–Kier alpha value is -2.19. The van der Waals surface area contributed by atoms with Crippen molar-refractivity contribution in [1.82, 2.24) is 5.32 Å². The quantitative estimate of drug-likeness (QED) is 0.684. The molecule has 2 nitrogen and oxygen atoms in total. The summed E-state index contributed by atoms with van der Waals surface area (Å²) in [6, 6.07) is 18.7. The molecule has 2 aromatic carbocycles. The van der Waals surface area contributed by atoms with Gasteiger partial charge >= 0.3 is 0 Å². The molecule has 1 heterocycles. The second kappa shape index (κ2) is 6.51. The fourth-order valence-electron chi connectivity index (χ4n) is 2.79. The van der Waals surface area contributed by atoms with E-state index in [1.165, 1.54) is 11.1 Å². The van der Waals surface area contributed by atoms with Gasteiger partial charge in [-0.25, -0.2) is 0 Å². The predicted octanol–water partition coefficient (Wildman–Crippen LogP) is 3.55. The average Bonchev–Trinajstić information content (AvgIpc) is 2.58. The molecule has 0 fully saturated rings. The maximum atomic E-state index is 11.5. The second-order valence-electron chi connectivity index (χ2n) is 5.35. The van der Waals surface area contributed by atoms with Crippen LogP contribution in [0.2, 0.25) is 0 Å². The molecule has 2 aromatic rings. The van der Waals surface area contributed by atoms with Crippen molar-refractivity contribution in [2.24, 2.45) is 0 Å². The Morgan fingerprint density at radius 1 is 1.00 bits per heavy atom. The summed E-state index contributed by atoms with van der Waals surface area (Å²) in [4.78, 5) is 11.5. The molecule has 21 heavy (non-hydrogen) atoms. The molecule has 0 aliphatic carbocycles. The SMILES string of the molecule is O=C[C@@H](c1ccc(-c2ccccc2)cc1)[C@H]1C=CCCN1. The zero-order valence-electron chi connectivity index (χ0n) is 11.9. The number of carbonyl (C=O) groups is 1. The third-order valence-corrected chi connectivity index (χ3v) is 3.97. The van der Waals surface area contributed by atoms with Crippen LogP contribution in [-0.4, -0.2) is 18.9 Å². The Balaban J connectivity index is 1.84. The van der Waals surface area contributed by atoms with Crippen molar-refractivity contribution in [3.63, 3.8) is 0 Å². The minimum Gasteiger partial charge on any atom is -0.309 e. The van der Waals surface area contributed by atoms with E-state index < -0.39 is 0 Å². The Bertz CT molecular complexity index is 616. The van der Waals surface area contributed by atoms with Gasteiger partial charge in [-0.05, 0) is 29.7 Å². The number of rotatable bonds is 4. The molecule has 2 heteroatoms. The minimum absolute atomic E-state index is 0.110. The van der Waals surface area contributed by atoms with Crippen molar-refractivity contribution in [3.05, 3.63) is 72.3 Å². The van der Waals surface area contributed by atoms with Crippen LogP contribution in [0.25, 0.3) is 11.1 Å². The highest BCUT2D eigenvalue weighted by Crippen LogP contribution is 2.24. The van der Waals surface area contributed by atoms with Gasteiger partial charge in [0.2, 0.25) is 0 Å². The van der Waals surface area contributed by atoms with E-state index in [1.54, 1.807) is 0 Å². The molecule has 0 saturated heterocycles. The lowest BCUT2D eigenvalue weighted by Crippen LogP contribution is -2.36. The highest BCUT2D eigenvalue weighted by Gasteiger charge is 2.21.